The number of amides is 2. The van der Waals surface area contributed by atoms with Crippen LogP contribution in [0.4, 0.5) is 10.3 Å². The van der Waals surface area contributed by atoms with Crippen LogP contribution in [0.1, 0.15) is 35.2 Å². The molecule has 0 bridgehead atoms. The summed E-state index contributed by atoms with van der Waals surface area (Å²) in [6.45, 7) is 0.434. The zero-order valence-corrected chi connectivity index (χ0v) is 15.4. The molecule has 8 heteroatoms. The van der Waals surface area contributed by atoms with Gasteiger partial charge in [0.1, 0.15) is 6.54 Å². The highest BCUT2D eigenvalue weighted by Gasteiger charge is 2.47. The first-order valence-electron chi connectivity index (χ1n) is 8.34. The third-order valence-corrected chi connectivity index (χ3v) is 5.57. The fourth-order valence-corrected chi connectivity index (χ4v) is 4.07. The molecule has 2 heterocycles. The molecule has 1 saturated carbocycles. The number of hydrogen-bond donors (Lipinski definition) is 1. The normalized spacial score (nSPS) is 17.6. The molecule has 1 aliphatic heterocycles. The van der Waals surface area contributed by atoms with Crippen LogP contribution in [0.5, 0.6) is 0 Å². The van der Waals surface area contributed by atoms with Gasteiger partial charge >= 0.3 is 0 Å². The van der Waals surface area contributed by atoms with Crippen LogP contribution in [0.25, 0.3) is 0 Å². The van der Waals surface area contributed by atoms with E-state index in [4.69, 9.17) is 0 Å². The highest BCUT2D eigenvalue weighted by Crippen LogP contribution is 2.48. The van der Waals surface area contributed by atoms with E-state index >= 15 is 0 Å². The topological polar surface area (TPSA) is 75.2 Å². The summed E-state index contributed by atoms with van der Waals surface area (Å²) in [4.78, 5) is 34.1. The first-order chi connectivity index (χ1) is 12.5. The van der Waals surface area contributed by atoms with Crippen LogP contribution < -0.4 is 5.32 Å². The standard InChI is InChI=1S/C18H16BrFN4O2/c19-11-2-3-13-14(6-11)18(4-1-5-18)10-24(16(13)26)9-15(25)23-17-21-7-12(20)8-22-17/h2-3,6-8H,1,4-5,9-10H2,(H,21,22,23,25). The van der Waals surface area contributed by atoms with Gasteiger partial charge in [-0.3, -0.25) is 14.9 Å². The number of hydrogen-bond acceptors (Lipinski definition) is 4. The quantitative estimate of drug-likeness (QED) is 0.831. The number of halogens is 2. The van der Waals surface area contributed by atoms with Gasteiger partial charge in [-0.1, -0.05) is 22.4 Å². The maximum atomic E-state index is 12.9. The third-order valence-electron chi connectivity index (χ3n) is 5.08. The number of carbonyl (C=O) groups excluding carboxylic acids is 2. The first-order valence-corrected chi connectivity index (χ1v) is 9.13. The Balaban J connectivity index is 1.54. The summed E-state index contributed by atoms with van der Waals surface area (Å²) in [6.07, 6.45) is 5.08. The molecule has 26 heavy (non-hydrogen) atoms. The van der Waals surface area contributed by atoms with Crippen molar-refractivity contribution in [2.24, 2.45) is 0 Å². The second-order valence-electron chi connectivity index (χ2n) is 6.76. The number of nitrogens with zero attached hydrogens (tertiary/aromatic N) is 3. The van der Waals surface area contributed by atoms with Gasteiger partial charge in [-0.15, -0.1) is 0 Å². The number of carbonyl (C=O) groups is 2. The lowest BCUT2D eigenvalue weighted by atomic mass is 9.61. The lowest BCUT2D eigenvalue weighted by Gasteiger charge is -2.49. The highest BCUT2D eigenvalue weighted by molar-refractivity contribution is 9.10. The summed E-state index contributed by atoms with van der Waals surface area (Å²) in [5, 5.41) is 2.50. The molecule has 1 aromatic heterocycles. The largest absolute Gasteiger partial charge is 0.328 e. The average molecular weight is 419 g/mol. The second-order valence-corrected chi connectivity index (χ2v) is 7.67. The fraction of sp³-hybridized carbons (Fsp3) is 0.333. The summed E-state index contributed by atoms with van der Waals surface area (Å²) < 4.78 is 13.8. The van der Waals surface area contributed by atoms with Crippen molar-refractivity contribution in [2.75, 3.05) is 18.4 Å². The smallest absolute Gasteiger partial charge is 0.254 e. The van der Waals surface area contributed by atoms with Gasteiger partial charge in [0, 0.05) is 22.0 Å². The summed E-state index contributed by atoms with van der Waals surface area (Å²) in [6, 6.07) is 5.68. The van der Waals surface area contributed by atoms with E-state index in [9.17, 15) is 14.0 Å². The summed E-state index contributed by atoms with van der Waals surface area (Å²) in [5.41, 5.74) is 1.66. The SMILES string of the molecule is O=C(CN1CC2(CCC2)c2cc(Br)ccc2C1=O)Nc1ncc(F)cn1. The molecular weight excluding hydrogens is 403 g/mol. The van der Waals surface area contributed by atoms with Gasteiger partial charge in [0.05, 0.1) is 12.4 Å². The molecule has 6 nitrogen and oxygen atoms in total. The molecule has 2 aliphatic rings. The molecule has 0 radical (unpaired) electrons. The zero-order valence-electron chi connectivity index (χ0n) is 13.8. The molecule has 0 atom stereocenters. The van der Waals surface area contributed by atoms with Crippen LogP contribution in [0.15, 0.2) is 35.1 Å². The molecule has 1 aliphatic carbocycles. The van der Waals surface area contributed by atoms with Crippen molar-refractivity contribution in [2.45, 2.75) is 24.7 Å². The van der Waals surface area contributed by atoms with E-state index < -0.39 is 11.7 Å². The Labute approximate surface area is 158 Å². The molecule has 2 amide bonds. The minimum Gasteiger partial charge on any atom is -0.328 e. The van der Waals surface area contributed by atoms with Crippen molar-refractivity contribution in [3.8, 4) is 0 Å². The van der Waals surface area contributed by atoms with Crippen molar-refractivity contribution in [1.29, 1.82) is 0 Å². The van der Waals surface area contributed by atoms with Crippen LogP contribution in [0.2, 0.25) is 0 Å². The van der Waals surface area contributed by atoms with Gasteiger partial charge in [0.2, 0.25) is 11.9 Å². The van der Waals surface area contributed by atoms with Gasteiger partial charge in [-0.05, 0) is 36.6 Å². The Morgan fingerprint density at radius 2 is 2.04 bits per heavy atom. The molecule has 134 valence electrons. The van der Waals surface area contributed by atoms with Gasteiger partial charge < -0.3 is 4.90 Å². The number of anilines is 1. The fourth-order valence-electron chi connectivity index (χ4n) is 3.71. The van der Waals surface area contributed by atoms with E-state index in [-0.39, 0.29) is 23.8 Å². The molecule has 1 N–H and O–H groups in total. The van der Waals surface area contributed by atoms with E-state index in [0.717, 1.165) is 41.7 Å². The number of fused-ring (bicyclic) bond motifs is 2. The Bertz CT molecular complexity index is 883. The summed E-state index contributed by atoms with van der Waals surface area (Å²) >= 11 is 3.48. The monoisotopic (exact) mass is 418 g/mol. The minimum atomic E-state index is -0.580. The van der Waals surface area contributed by atoms with Crippen molar-refractivity contribution < 1.29 is 14.0 Å². The molecular formula is C18H16BrFN4O2. The van der Waals surface area contributed by atoms with Crippen molar-refractivity contribution in [3.05, 3.63) is 52.0 Å². The van der Waals surface area contributed by atoms with Crippen LogP contribution >= 0.6 is 15.9 Å². The Morgan fingerprint density at radius 1 is 1.31 bits per heavy atom. The van der Waals surface area contributed by atoms with Crippen LogP contribution in [-0.4, -0.2) is 39.8 Å². The number of aromatic nitrogens is 2. The van der Waals surface area contributed by atoms with Gasteiger partial charge in [0.15, 0.2) is 5.82 Å². The number of benzene rings is 1. The Morgan fingerprint density at radius 3 is 2.69 bits per heavy atom. The van der Waals surface area contributed by atoms with Gasteiger partial charge in [-0.25, -0.2) is 14.4 Å². The maximum absolute atomic E-state index is 12.9. The predicted molar refractivity (Wildman–Crippen MR) is 96.2 cm³/mol. The van der Waals surface area contributed by atoms with Crippen molar-refractivity contribution in [1.82, 2.24) is 14.9 Å². The van der Waals surface area contributed by atoms with Crippen molar-refractivity contribution in [3.63, 3.8) is 0 Å². The predicted octanol–water partition coefficient (Wildman–Crippen LogP) is 2.89. The zero-order chi connectivity index (χ0) is 18.3. The van der Waals surface area contributed by atoms with E-state index in [1.54, 1.807) is 4.90 Å². The van der Waals surface area contributed by atoms with E-state index in [0.29, 0.717) is 12.1 Å². The molecule has 2 aromatic rings. The van der Waals surface area contributed by atoms with E-state index in [1.807, 2.05) is 18.2 Å². The van der Waals surface area contributed by atoms with Gasteiger partial charge in [0.25, 0.3) is 5.91 Å². The second kappa shape index (κ2) is 6.42. The van der Waals surface area contributed by atoms with Crippen LogP contribution in [0.3, 0.4) is 0 Å². The molecule has 0 saturated heterocycles. The molecule has 1 fully saturated rings. The first kappa shape index (κ1) is 17.1. The summed E-state index contributed by atoms with van der Waals surface area (Å²) in [7, 11) is 0. The highest BCUT2D eigenvalue weighted by atomic mass is 79.9. The lowest BCUT2D eigenvalue weighted by Crippen LogP contribution is -2.54. The number of rotatable bonds is 3. The average Bonchev–Trinajstić information content (AvgIpc) is 2.58. The summed E-state index contributed by atoms with van der Waals surface area (Å²) in [5.74, 6) is -1.12. The molecule has 1 spiro atoms. The Kier molecular flexibility index (Phi) is 4.22. The molecule has 0 unspecified atom stereocenters. The minimum absolute atomic E-state index is 0.0172. The number of nitrogens with one attached hydrogen (secondary N) is 1. The van der Waals surface area contributed by atoms with E-state index in [2.05, 4.69) is 31.2 Å². The van der Waals surface area contributed by atoms with E-state index in [1.165, 1.54) is 0 Å². The van der Waals surface area contributed by atoms with Crippen molar-refractivity contribution >= 4 is 33.7 Å². The third kappa shape index (κ3) is 2.98. The molecule has 4 rings (SSSR count). The Hall–Kier alpha value is -2.35. The van der Waals surface area contributed by atoms with Crippen LogP contribution in [0, 0.1) is 5.82 Å². The molecule has 1 aromatic carbocycles. The van der Waals surface area contributed by atoms with Gasteiger partial charge in [-0.2, -0.15) is 0 Å². The maximum Gasteiger partial charge on any atom is 0.254 e. The van der Waals surface area contributed by atoms with Crippen LogP contribution in [-0.2, 0) is 10.2 Å². The lowest BCUT2D eigenvalue weighted by molar-refractivity contribution is -0.117.